The zero-order valence-electron chi connectivity index (χ0n) is 18.3. The molecule has 3 aromatic carbocycles. The van der Waals surface area contributed by atoms with E-state index in [-0.39, 0.29) is 11.8 Å². The first-order chi connectivity index (χ1) is 16.0. The molecule has 3 nitrogen and oxygen atoms in total. The van der Waals surface area contributed by atoms with Gasteiger partial charge in [0.05, 0.1) is 0 Å². The summed E-state index contributed by atoms with van der Waals surface area (Å²) in [7, 11) is 0. The minimum atomic E-state index is -0.0951. The van der Waals surface area contributed by atoms with E-state index in [1.807, 2.05) is 42.6 Å². The molecule has 0 aliphatic carbocycles. The highest BCUT2D eigenvalue weighted by molar-refractivity contribution is 6.35. The van der Waals surface area contributed by atoms with Crippen molar-refractivity contribution in [3.05, 3.63) is 104 Å². The second kappa shape index (κ2) is 10.6. The van der Waals surface area contributed by atoms with Crippen LogP contribution in [0.4, 0.5) is 0 Å². The van der Waals surface area contributed by atoms with Crippen molar-refractivity contribution in [2.24, 2.45) is 0 Å². The third kappa shape index (κ3) is 5.55. The van der Waals surface area contributed by atoms with Gasteiger partial charge in [0.2, 0.25) is 5.91 Å². The van der Waals surface area contributed by atoms with Crippen LogP contribution in [0.1, 0.15) is 41.5 Å². The van der Waals surface area contributed by atoms with Gasteiger partial charge in [-0.05, 0) is 59.4 Å². The molecule has 0 unspecified atom stereocenters. The first-order valence-corrected chi connectivity index (χ1v) is 12.1. The molecule has 4 aromatic rings. The molecule has 1 amide bonds. The number of H-pyrrole nitrogens is 1. The molecule has 1 aromatic heterocycles. The summed E-state index contributed by atoms with van der Waals surface area (Å²) in [6.45, 7) is 2.65. The summed E-state index contributed by atoms with van der Waals surface area (Å²) in [6.07, 6.45) is 3.94. The van der Waals surface area contributed by atoms with Gasteiger partial charge >= 0.3 is 0 Å². The van der Waals surface area contributed by atoms with Crippen LogP contribution < -0.4 is 5.32 Å². The Morgan fingerprint density at radius 2 is 1.73 bits per heavy atom. The van der Waals surface area contributed by atoms with Crippen molar-refractivity contribution in [2.75, 3.05) is 6.54 Å². The highest BCUT2D eigenvalue weighted by atomic mass is 35.5. The molecule has 1 heterocycles. The number of carbonyl (C=O) groups excluding carboxylic acids is 1. The molecular weight excluding hydrogens is 475 g/mol. The van der Waals surface area contributed by atoms with E-state index in [4.69, 9.17) is 34.8 Å². The van der Waals surface area contributed by atoms with Gasteiger partial charge in [-0.1, -0.05) is 78.1 Å². The zero-order chi connectivity index (χ0) is 23.4. The van der Waals surface area contributed by atoms with E-state index in [1.54, 1.807) is 6.07 Å². The second-order valence-electron chi connectivity index (χ2n) is 8.08. The maximum absolute atomic E-state index is 13.0. The summed E-state index contributed by atoms with van der Waals surface area (Å²) in [4.78, 5) is 16.4. The number of halogens is 3. The molecule has 170 valence electrons. The van der Waals surface area contributed by atoms with Gasteiger partial charge in [0.25, 0.3) is 0 Å². The molecule has 0 radical (unpaired) electrons. The fourth-order valence-electron chi connectivity index (χ4n) is 4.24. The maximum atomic E-state index is 13.0. The smallest absolute Gasteiger partial charge is 0.220 e. The molecule has 0 aliphatic rings. The third-order valence-electron chi connectivity index (χ3n) is 5.98. The van der Waals surface area contributed by atoms with E-state index in [2.05, 4.69) is 35.4 Å². The number of hydrogen-bond acceptors (Lipinski definition) is 1. The van der Waals surface area contributed by atoms with Gasteiger partial charge in [-0.15, -0.1) is 0 Å². The number of rotatable bonds is 8. The molecule has 6 heteroatoms. The van der Waals surface area contributed by atoms with Gasteiger partial charge in [0, 0.05) is 51.1 Å². The Balaban J connectivity index is 1.54. The zero-order valence-corrected chi connectivity index (χ0v) is 20.6. The number of aromatic amines is 1. The average Bonchev–Trinajstić information content (AvgIpc) is 3.24. The van der Waals surface area contributed by atoms with Crippen LogP contribution in [0.25, 0.3) is 10.9 Å². The molecule has 2 N–H and O–H groups in total. The Morgan fingerprint density at radius 3 is 2.45 bits per heavy atom. The lowest BCUT2D eigenvalue weighted by Gasteiger charge is -2.18. The normalized spacial score (nSPS) is 12.1. The number of carbonyl (C=O) groups is 1. The molecule has 0 spiro atoms. The van der Waals surface area contributed by atoms with Crippen LogP contribution in [0.15, 0.2) is 66.9 Å². The lowest BCUT2D eigenvalue weighted by molar-refractivity contribution is -0.121. The summed E-state index contributed by atoms with van der Waals surface area (Å²) < 4.78 is 0. The van der Waals surface area contributed by atoms with Crippen molar-refractivity contribution >= 4 is 51.6 Å². The number of hydrogen-bond donors (Lipinski definition) is 2. The quantitative estimate of drug-likeness (QED) is 0.258. The molecule has 33 heavy (non-hydrogen) atoms. The van der Waals surface area contributed by atoms with Gasteiger partial charge in [-0.3, -0.25) is 4.79 Å². The summed E-state index contributed by atoms with van der Waals surface area (Å²) in [5.74, 6) is -0.108. The first-order valence-electron chi connectivity index (χ1n) is 11.0. The summed E-state index contributed by atoms with van der Waals surface area (Å²) >= 11 is 18.4. The minimum Gasteiger partial charge on any atom is -0.361 e. The predicted octanol–water partition coefficient (Wildman–Crippen LogP) is 7.57. The van der Waals surface area contributed by atoms with E-state index in [1.165, 1.54) is 5.56 Å². The van der Waals surface area contributed by atoms with Crippen molar-refractivity contribution < 1.29 is 4.79 Å². The first kappa shape index (κ1) is 23.7. The monoisotopic (exact) mass is 498 g/mol. The minimum absolute atomic E-state index is 0.0129. The highest BCUT2D eigenvalue weighted by Crippen LogP contribution is 2.35. The maximum Gasteiger partial charge on any atom is 0.220 e. The largest absolute Gasteiger partial charge is 0.361 e. The number of nitrogens with one attached hydrogen (secondary N) is 2. The molecule has 1 atom stereocenters. The predicted molar refractivity (Wildman–Crippen MR) is 139 cm³/mol. The molecular formula is C27H25Cl3N2O. The van der Waals surface area contributed by atoms with E-state index < -0.39 is 0 Å². The van der Waals surface area contributed by atoms with Crippen molar-refractivity contribution in [3.8, 4) is 0 Å². The van der Waals surface area contributed by atoms with Crippen molar-refractivity contribution in [2.45, 2.75) is 32.1 Å². The molecule has 0 bridgehead atoms. The lowest BCUT2D eigenvalue weighted by atomic mass is 9.87. The number of para-hydroxylation sites is 1. The Bertz CT molecular complexity index is 1260. The number of fused-ring (bicyclic) bond motifs is 1. The molecule has 4 rings (SSSR count). The van der Waals surface area contributed by atoms with Gasteiger partial charge in [0.1, 0.15) is 0 Å². The van der Waals surface area contributed by atoms with Crippen molar-refractivity contribution in [1.82, 2.24) is 10.3 Å². The third-order valence-corrected chi connectivity index (χ3v) is 6.82. The van der Waals surface area contributed by atoms with Crippen LogP contribution in [-0.4, -0.2) is 17.4 Å². The fraction of sp³-hybridized carbons (Fsp3) is 0.222. The lowest BCUT2D eigenvalue weighted by Crippen LogP contribution is -2.27. The van der Waals surface area contributed by atoms with Gasteiger partial charge in [-0.25, -0.2) is 0 Å². The summed E-state index contributed by atoms with van der Waals surface area (Å²) in [5.41, 5.74) is 5.51. The van der Waals surface area contributed by atoms with Gasteiger partial charge < -0.3 is 10.3 Å². The molecule has 0 saturated carbocycles. The van der Waals surface area contributed by atoms with E-state index in [9.17, 15) is 4.79 Å². The molecule has 0 aliphatic heterocycles. The van der Waals surface area contributed by atoms with Crippen LogP contribution in [0.3, 0.4) is 0 Å². The summed E-state index contributed by atoms with van der Waals surface area (Å²) in [6, 6.07) is 19.5. The highest BCUT2D eigenvalue weighted by Gasteiger charge is 2.22. The van der Waals surface area contributed by atoms with E-state index in [0.29, 0.717) is 34.5 Å². The van der Waals surface area contributed by atoms with Crippen LogP contribution in [0, 0.1) is 0 Å². The molecule has 0 saturated heterocycles. The summed E-state index contributed by atoms with van der Waals surface area (Å²) in [5, 5.41) is 6.09. The second-order valence-corrected chi connectivity index (χ2v) is 9.36. The topological polar surface area (TPSA) is 44.9 Å². The van der Waals surface area contributed by atoms with Crippen LogP contribution in [-0.2, 0) is 17.6 Å². The number of aromatic nitrogens is 1. The SMILES string of the molecule is CCc1cccc2c([C@@H](CC(=O)NCCc3ccc(Cl)cc3Cl)c3ccc(Cl)cc3)c[nH]c12. The number of amides is 1. The van der Waals surface area contributed by atoms with Crippen molar-refractivity contribution in [3.63, 3.8) is 0 Å². The van der Waals surface area contributed by atoms with E-state index >= 15 is 0 Å². The Kier molecular flexibility index (Phi) is 7.64. The van der Waals surface area contributed by atoms with Gasteiger partial charge in [0.15, 0.2) is 0 Å². The Labute approximate surface area is 209 Å². The number of aryl methyl sites for hydroxylation is 1. The van der Waals surface area contributed by atoms with Gasteiger partial charge in [-0.2, -0.15) is 0 Å². The Morgan fingerprint density at radius 1 is 0.970 bits per heavy atom. The van der Waals surface area contributed by atoms with Crippen LogP contribution in [0.5, 0.6) is 0 Å². The standard InChI is InChI=1S/C27H25Cl3N2O/c1-2-17-4-3-5-22-24(16-32-27(17)22)23(18-6-9-20(28)10-7-18)15-26(33)31-13-12-19-8-11-21(29)14-25(19)30/h3-11,14,16,23,32H,2,12-13,15H2,1H3,(H,31,33)/t23-/m0/s1. The average molecular weight is 500 g/mol. The van der Waals surface area contributed by atoms with Crippen LogP contribution in [0.2, 0.25) is 15.1 Å². The van der Waals surface area contributed by atoms with Crippen molar-refractivity contribution in [1.29, 1.82) is 0 Å². The Hall–Kier alpha value is -2.46. The molecule has 0 fully saturated rings. The van der Waals surface area contributed by atoms with E-state index in [0.717, 1.165) is 34.0 Å². The number of benzene rings is 3. The van der Waals surface area contributed by atoms with Crippen LogP contribution >= 0.6 is 34.8 Å². The fourth-order valence-corrected chi connectivity index (χ4v) is 4.87.